The highest BCUT2D eigenvalue weighted by atomic mass is 19.1. The van der Waals surface area contributed by atoms with Gasteiger partial charge in [-0.05, 0) is 44.2 Å². The van der Waals surface area contributed by atoms with Gasteiger partial charge in [-0.15, -0.1) is 0 Å². The van der Waals surface area contributed by atoms with Crippen LogP contribution in [0.5, 0.6) is 0 Å². The number of carbonyl (C=O) groups excluding carboxylic acids is 1. The predicted octanol–water partition coefficient (Wildman–Crippen LogP) is 2.92. The summed E-state index contributed by atoms with van der Waals surface area (Å²) in [6.07, 6.45) is 2.87. The van der Waals surface area contributed by atoms with E-state index in [1.165, 1.54) is 25.0 Å². The van der Waals surface area contributed by atoms with Gasteiger partial charge in [0, 0.05) is 37.3 Å². The lowest BCUT2D eigenvalue weighted by Crippen LogP contribution is -2.55. The van der Waals surface area contributed by atoms with E-state index in [1.54, 1.807) is 0 Å². The van der Waals surface area contributed by atoms with Crippen molar-refractivity contribution in [1.29, 1.82) is 0 Å². The van der Waals surface area contributed by atoms with Crippen molar-refractivity contribution in [3.05, 3.63) is 41.6 Å². The number of halogens is 2. The van der Waals surface area contributed by atoms with Crippen molar-refractivity contribution >= 4 is 11.9 Å². The summed E-state index contributed by atoms with van der Waals surface area (Å²) in [7, 11) is 0. The molecule has 0 radical (unpaired) electrons. The van der Waals surface area contributed by atoms with Gasteiger partial charge in [-0.2, -0.15) is 0 Å². The molecular formula is C21H23F2N3O4. The number of nitrogens with zero attached hydrogens (tertiary/aromatic N) is 2. The average molecular weight is 419 g/mol. The number of piperidine rings is 1. The largest absolute Gasteiger partial charge is 0.481 e. The van der Waals surface area contributed by atoms with Crippen molar-refractivity contribution in [3.8, 4) is 11.3 Å². The fraction of sp³-hybridized carbons (Fsp3) is 0.476. The van der Waals surface area contributed by atoms with E-state index in [-0.39, 0.29) is 17.0 Å². The van der Waals surface area contributed by atoms with Crippen LogP contribution in [-0.4, -0.2) is 52.2 Å². The maximum absolute atomic E-state index is 13.9. The molecule has 1 saturated heterocycles. The van der Waals surface area contributed by atoms with Gasteiger partial charge in [0.15, 0.2) is 11.5 Å². The highest BCUT2D eigenvalue weighted by Crippen LogP contribution is 2.36. The van der Waals surface area contributed by atoms with Crippen LogP contribution >= 0.6 is 0 Å². The third-order valence-electron chi connectivity index (χ3n) is 6.10. The molecule has 2 heterocycles. The number of carboxylic acids is 1. The normalized spacial score (nSPS) is 23.2. The standard InChI is InChI=1S/C21H23F2N3O4/c1-11(12-2-3-12)26-7-6-17(15(10-26)21(28)29)24-20(27)18-9-19(30-25-18)14-5-4-13(22)8-16(14)23/h4-5,8-9,11-12,15,17H,2-3,6-7,10H2,1H3,(H,24,27)(H,28,29)/t11-,15+,17+/m1/s1. The highest BCUT2D eigenvalue weighted by molar-refractivity contribution is 5.93. The van der Waals surface area contributed by atoms with Crippen LogP contribution in [0.25, 0.3) is 11.3 Å². The fourth-order valence-electron chi connectivity index (χ4n) is 4.09. The Morgan fingerprint density at radius 2 is 2.03 bits per heavy atom. The van der Waals surface area contributed by atoms with E-state index in [9.17, 15) is 23.5 Å². The lowest BCUT2D eigenvalue weighted by molar-refractivity contribution is -0.145. The van der Waals surface area contributed by atoms with Crippen molar-refractivity contribution in [2.24, 2.45) is 11.8 Å². The molecule has 9 heteroatoms. The van der Waals surface area contributed by atoms with Crippen molar-refractivity contribution in [2.75, 3.05) is 13.1 Å². The Labute approximate surface area is 172 Å². The Hall–Kier alpha value is -2.81. The monoisotopic (exact) mass is 419 g/mol. The lowest BCUT2D eigenvalue weighted by Gasteiger charge is -2.40. The first-order valence-corrected chi connectivity index (χ1v) is 10.0. The van der Waals surface area contributed by atoms with Crippen LogP contribution < -0.4 is 5.32 Å². The molecule has 1 aromatic carbocycles. The average Bonchev–Trinajstić information content (AvgIpc) is 3.44. The molecule has 3 atom stereocenters. The first-order chi connectivity index (χ1) is 14.3. The number of aromatic nitrogens is 1. The molecule has 0 unspecified atom stereocenters. The molecule has 4 rings (SSSR count). The Morgan fingerprint density at radius 1 is 1.27 bits per heavy atom. The molecular weight excluding hydrogens is 396 g/mol. The third-order valence-corrected chi connectivity index (χ3v) is 6.10. The molecule has 1 aliphatic carbocycles. The number of likely N-dealkylation sites (tertiary alicyclic amines) is 1. The second-order valence-corrected chi connectivity index (χ2v) is 8.09. The van der Waals surface area contributed by atoms with E-state index in [2.05, 4.69) is 22.3 Å². The zero-order valence-corrected chi connectivity index (χ0v) is 16.5. The zero-order chi connectivity index (χ0) is 21.4. The lowest BCUT2D eigenvalue weighted by atomic mass is 9.90. The Bertz CT molecular complexity index is 959. The highest BCUT2D eigenvalue weighted by Gasteiger charge is 2.40. The van der Waals surface area contributed by atoms with E-state index in [0.29, 0.717) is 37.5 Å². The summed E-state index contributed by atoms with van der Waals surface area (Å²) in [5.74, 6) is -3.22. The van der Waals surface area contributed by atoms with Crippen LogP contribution in [0.15, 0.2) is 28.8 Å². The number of carboxylic acid groups (broad SMARTS) is 1. The fourth-order valence-corrected chi connectivity index (χ4v) is 4.09. The molecule has 7 nitrogen and oxygen atoms in total. The van der Waals surface area contributed by atoms with E-state index in [0.717, 1.165) is 6.07 Å². The van der Waals surface area contributed by atoms with Gasteiger partial charge in [0.2, 0.25) is 0 Å². The van der Waals surface area contributed by atoms with Crippen LogP contribution in [0.4, 0.5) is 8.78 Å². The number of amides is 1. The molecule has 0 spiro atoms. The zero-order valence-electron chi connectivity index (χ0n) is 16.5. The van der Waals surface area contributed by atoms with E-state index < -0.39 is 35.5 Å². The topological polar surface area (TPSA) is 95.7 Å². The number of nitrogens with one attached hydrogen (secondary N) is 1. The molecule has 1 aromatic heterocycles. The molecule has 1 amide bonds. The number of rotatable bonds is 6. The smallest absolute Gasteiger partial charge is 0.309 e. The van der Waals surface area contributed by atoms with Gasteiger partial charge in [-0.25, -0.2) is 8.78 Å². The summed E-state index contributed by atoms with van der Waals surface area (Å²) >= 11 is 0. The second-order valence-electron chi connectivity index (χ2n) is 8.09. The molecule has 2 aromatic rings. The second kappa shape index (κ2) is 8.14. The molecule has 0 bridgehead atoms. The Morgan fingerprint density at radius 3 is 2.70 bits per heavy atom. The van der Waals surface area contributed by atoms with Gasteiger partial charge in [-0.1, -0.05) is 5.16 Å². The number of aliphatic carboxylic acids is 1. The van der Waals surface area contributed by atoms with E-state index in [1.807, 2.05) is 0 Å². The molecule has 2 N–H and O–H groups in total. The summed E-state index contributed by atoms with van der Waals surface area (Å²) in [4.78, 5) is 26.6. The first kappa shape index (κ1) is 20.5. The summed E-state index contributed by atoms with van der Waals surface area (Å²) in [5, 5.41) is 16.1. The minimum Gasteiger partial charge on any atom is -0.481 e. The van der Waals surface area contributed by atoms with Crippen molar-refractivity contribution < 1.29 is 28.0 Å². The van der Waals surface area contributed by atoms with Crippen molar-refractivity contribution in [1.82, 2.24) is 15.4 Å². The Kier molecular flexibility index (Phi) is 5.55. The molecule has 2 aliphatic rings. The number of hydrogen-bond acceptors (Lipinski definition) is 5. The van der Waals surface area contributed by atoms with Crippen LogP contribution in [0.1, 0.15) is 36.7 Å². The SMILES string of the molecule is C[C@H](C1CC1)N1CC[C@H](NC(=O)c2cc(-c3ccc(F)cc3F)on2)[C@@H](C(=O)O)C1. The summed E-state index contributed by atoms with van der Waals surface area (Å²) in [6, 6.07) is 4.04. The van der Waals surface area contributed by atoms with Gasteiger partial charge in [0.05, 0.1) is 11.5 Å². The molecule has 30 heavy (non-hydrogen) atoms. The van der Waals surface area contributed by atoms with Gasteiger partial charge < -0.3 is 14.9 Å². The maximum atomic E-state index is 13.9. The van der Waals surface area contributed by atoms with Crippen LogP contribution in [0, 0.1) is 23.5 Å². The third kappa shape index (κ3) is 4.21. The minimum atomic E-state index is -0.956. The van der Waals surface area contributed by atoms with E-state index >= 15 is 0 Å². The number of carbonyl (C=O) groups is 2. The molecule has 2 fully saturated rings. The predicted molar refractivity (Wildman–Crippen MR) is 103 cm³/mol. The molecule has 1 aliphatic heterocycles. The molecule has 1 saturated carbocycles. The first-order valence-electron chi connectivity index (χ1n) is 10.0. The van der Waals surface area contributed by atoms with Crippen molar-refractivity contribution in [2.45, 2.75) is 38.3 Å². The summed E-state index contributed by atoms with van der Waals surface area (Å²) < 4.78 is 32.0. The minimum absolute atomic E-state index is 0.0134. The summed E-state index contributed by atoms with van der Waals surface area (Å²) in [6.45, 7) is 3.21. The van der Waals surface area contributed by atoms with Crippen molar-refractivity contribution in [3.63, 3.8) is 0 Å². The maximum Gasteiger partial charge on any atom is 0.309 e. The number of benzene rings is 1. The Balaban J connectivity index is 1.44. The van der Waals surface area contributed by atoms with Crippen LogP contribution in [0.2, 0.25) is 0 Å². The van der Waals surface area contributed by atoms with Gasteiger partial charge >= 0.3 is 5.97 Å². The van der Waals surface area contributed by atoms with Crippen LogP contribution in [0.3, 0.4) is 0 Å². The molecule has 160 valence electrons. The van der Waals surface area contributed by atoms with E-state index in [4.69, 9.17) is 4.52 Å². The quantitative estimate of drug-likeness (QED) is 0.748. The summed E-state index contributed by atoms with van der Waals surface area (Å²) in [5.41, 5.74) is -0.111. The van der Waals surface area contributed by atoms with Crippen LogP contribution in [-0.2, 0) is 4.79 Å². The number of hydrogen-bond donors (Lipinski definition) is 2. The van der Waals surface area contributed by atoms with Gasteiger partial charge in [-0.3, -0.25) is 14.5 Å². The van der Waals surface area contributed by atoms with Gasteiger partial charge in [0.1, 0.15) is 11.6 Å². The van der Waals surface area contributed by atoms with Gasteiger partial charge in [0.25, 0.3) is 5.91 Å².